The molecule has 238 valence electrons. The van der Waals surface area contributed by atoms with Gasteiger partial charge in [0.15, 0.2) is 0 Å². The Balaban J connectivity index is 1.88. The number of carbonyl (C=O) groups is 2. The van der Waals surface area contributed by atoms with Crippen molar-refractivity contribution in [3.63, 3.8) is 0 Å². The van der Waals surface area contributed by atoms with E-state index in [2.05, 4.69) is 5.32 Å². The monoisotopic (exact) mass is 646 g/mol. The number of sulfonamides is 1. The van der Waals surface area contributed by atoms with Gasteiger partial charge in [0.05, 0.1) is 59.1 Å². The fourth-order valence-electron chi connectivity index (χ4n) is 4.36. The van der Waals surface area contributed by atoms with Crippen LogP contribution in [0.2, 0.25) is 0 Å². The van der Waals surface area contributed by atoms with Crippen molar-refractivity contribution in [2.24, 2.45) is 0 Å². The predicted octanol–water partition coefficient (Wildman–Crippen LogP) is 3.89. The minimum absolute atomic E-state index is 0.0403. The summed E-state index contributed by atoms with van der Waals surface area (Å²) < 4.78 is 55.2. The number of ether oxygens (including phenoxy) is 5. The molecular weight excluding hydrogens is 608 g/mol. The molecule has 13 heteroatoms. The maximum Gasteiger partial charge on any atom is 0.324 e. The van der Waals surface area contributed by atoms with E-state index in [0.717, 1.165) is 9.87 Å². The van der Waals surface area contributed by atoms with Gasteiger partial charge in [-0.3, -0.25) is 9.59 Å². The highest BCUT2D eigenvalue weighted by molar-refractivity contribution is 7.98. The van der Waals surface area contributed by atoms with Gasteiger partial charge in [-0.1, -0.05) is 30.3 Å². The summed E-state index contributed by atoms with van der Waals surface area (Å²) in [6, 6.07) is 17.5. The zero-order chi connectivity index (χ0) is 32.1. The molecule has 3 rings (SSSR count). The maximum absolute atomic E-state index is 14.0. The molecule has 0 aliphatic rings. The third-order valence-electron chi connectivity index (χ3n) is 6.71. The van der Waals surface area contributed by atoms with Gasteiger partial charge >= 0.3 is 5.97 Å². The quantitative estimate of drug-likeness (QED) is 0.170. The van der Waals surface area contributed by atoms with Crippen LogP contribution in [0.5, 0.6) is 23.0 Å². The summed E-state index contributed by atoms with van der Waals surface area (Å²) in [5.41, 5.74) is 1.62. The van der Waals surface area contributed by atoms with Crippen molar-refractivity contribution in [1.29, 1.82) is 0 Å². The molecule has 3 aromatic rings. The molecule has 1 N–H and O–H groups in total. The van der Waals surface area contributed by atoms with Crippen LogP contribution in [-0.4, -0.2) is 78.5 Å². The van der Waals surface area contributed by atoms with Crippen molar-refractivity contribution in [2.45, 2.75) is 29.7 Å². The molecule has 0 radical (unpaired) electrons. The number of thioether (sulfide) groups is 1. The van der Waals surface area contributed by atoms with E-state index in [1.165, 1.54) is 59.8 Å². The lowest BCUT2D eigenvalue weighted by atomic mass is 10.1. The van der Waals surface area contributed by atoms with Crippen LogP contribution < -0.4 is 24.3 Å². The van der Waals surface area contributed by atoms with Gasteiger partial charge in [-0.15, -0.1) is 0 Å². The molecule has 0 aliphatic carbocycles. The molecule has 1 unspecified atom stereocenters. The summed E-state index contributed by atoms with van der Waals surface area (Å²) in [5, 5.41) is 2.74. The largest absolute Gasteiger partial charge is 0.497 e. The number of nitrogens with zero attached hydrogens (tertiary/aromatic N) is 1. The minimum atomic E-state index is -4.34. The number of benzene rings is 3. The first-order chi connectivity index (χ1) is 21.2. The first-order valence-corrected chi connectivity index (χ1v) is 16.2. The SMILES string of the molecule is COC(=O)C(CCSCc1ccccc1)N(CC(=O)NCc1c(OC)cc(OC)cc1OC)S(=O)(=O)c1ccc(OC)cc1. The molecule has 0 aliphatic heterocycles. The highest BCUT2D eigenvalue weighted by atomic mass is 32.2. The van der Waals surface area contributed by atoms with E-state index in [0.29, 0.717) is 40.1 Å². The average Bonchev–Trinajstić information content (AvgIpc) is 3.06. The second-order valence-corrected chi connectivity index (χ2v) is 12.4. The smallest absolute Gasteiger partial charge is 0.324 e. The molecule has 0 heterocycles. The fourth-order valence-corrected chi connectivity index (χ4v) is 6.88. The fraction of sp³-hybridized carbons (Fsp3) is 0.355. The summed E-state index contributed by atoms with van der Waals surface area (Å²) in [6.45, 7) is -0.681. The molecule has 44 heavy (non-hydrogen) atoms. The van der Waals surface area contributed by atoms with Crippen molar-refractivity contribution in [2.75, 3.05) is 47.8 Å². The molecule has 0 bridgehead atoms. The molecule has 1 atom stereocenters. The van der Waals surface area contributed by atoms with E-state index >= 15 is 0 Å². The first kappa shape index (κ1) is 34.5. The van der Waals surface area contributed by atoms with E-state index in [4.69, 9.17) is 23.7 Å². The lowest BCUT2D eigenvalue weighted by Crippen LogP contribution is -2.50. The molecule has 11 nitrogen and oxygen atoms in total. The van der Waals surface area contributed by atoms with Gasteiger partial charge in [0.2, 0.25) is 15.9 Å². The number of carbonyl (C=O) groups excluding carboxylic acids is 2. The van der Waals surface area contributed by atoms with Crippen molar-refractivity contribution in [3.05, 3.63) is 77.9 Å². The molecular formula is C31H38N2O9S2. The number of esters is 1. The van der Waals surface area contributed by atoms with E-state index in [-0.39, 0.29) is 17.9 Å². The van der Waals surface area contributed by atoms with Crippen LogP contribution in [0.25, 0.3) is 0 Å². The summed E-state index contributed by atoms with van der Waals surface area (Å²) >= 11 is 1.54. The van der Waals surface area contributed by atoms with Crippen LogP contribution in [0.15, 0.2) is 71.6 Å². The van der Waals surface area contributed by atoms with Crippen LogP contribution in [0.3, 0.4) is 0 Å². The van der Waals surface area contributed by atoms with E-state index in [1.807, 2.05) is 30.3 Å². The third kappa shape index (κ3) is 9.04. The normalized spacial score (nSPS) is 11.9. The topological polar surface area (TPSA) is 130 Å². The lowest BCUT2D eigenvalue weighted by molar-refractivity contribution is -0.145. The summed E-state index contributed by atoms with van der Waals surface area (Å²) in [7, 11) is 2.76. The molecule has 3 aromatic carbocycles. The molecule has 1 amide bonds. The lowest BCUT2D eigenvalue weighted by Gasteiger charge is -2.29. The van der Waals surface area contributed by atoms with Crippen molar-refractivity contribution < 1.29 is 41.7 Å². The Morgan fingerprint density at radius 1 is 0.841 bits per heavy atom. The van der Waals surface area contributed by atoms with E-state index < -0.39 is 34.5 Å². The van der Waals surface area contributed by atoms with Gasteiger partial charge in [-0.2, -0.15) is 16.1 Å². The number of hydrogen-bond acceptors (Lipinski definition) is 10. The Morgan fingerprint density at radius 2 is 1.45 bits per heavy atom. The summed E-state index contributed by atoms with van der Waals surface area (Å²) in [4.78, 5) is 26.3. The predicted molar refractivity (Wildman–Crippen MR) is 168 cm³/mol. The van der Waals surface area contributed by atoms with E-state index in [1.54, 1.807) is 23.9 Å². The Morgan fingerprint density at radius 3 is 2.00 bits per heavy atom. The summed E-state index contributed by atoms with van der Waals surface area (Å²) in [6.07, 6.45) is 0.118. The summed E-state index contributed by atoms with van der Waals surface area (Å²) in [5.74, 6) is 1.46. The van der Waals surface area contributed by atoms with Gasteiger partial charge in [0, 0.05) is 17.9 Å². The van der Waals surface area contributed by atoms with Crippen LogP contribution in [-0.2, 0) is 36.6 Å². The molecule has 0 spiro atoms. The van der Waals surface area contributed by atoms with Gasteiger partial charge in [0.1, 0.15) is 29.0 Å². The van der Waals surface area contributed by atoms with Gasteiger partial charge in [-0.25, -0.2) is 8.42 Å². The minimum Gasteiger partial charge on any atom is -0.497 e. The first-order valence-electron chi connectivity index (χ1n) is 13.6. The number of rotatable bonds is 17. The average molecular weight is 647 g/mol. The van der Waals surface area contributed by atoms with Gasteiger partial charge in [-0.05, 0) is 42.0 Å². The van der Waals surface area contributed by atoms with Gasteiger partial charge < -0.3 is 29.0 Å². The molecule has 0 saturated carbocycles. The van der Waals surface area contributed by atoms with Crippen LogP contribution in [0.1, 0.15) is 17.5 Å². The highest BCUT2D eigenvalue weighted by Crippen LogP contribution is 2.34. The zero-order valence-electron chi connectivity index (χ0n) is 25.4. The zero-order valence-corrected chi connectivity index (χ0v) is 27.0. The Hall–Kier alpha value is -3.94. The van der Waals surface area contributed by atoms with Crippen LogP contribution >= 0.6 is 11.8 Å². The standard InChI is InChI=1S/C31H38N2O9S2/c1-38-23-11-13-25(14-12-23)44(36,37)33(27(31(35)42-5)15-16-43-21-22-9-7-6-8-10-22)20-30(34)32-19-26-28(40-3)17-24(39-2)18-29(26)41-4/h6-14,17-18,27H,15-16,19-21H2,1-5H3,(H,32,34). The molecule has 0 aromatic heterocycles. The number of amides is 1. The highest BCUT2D eigenvalue weighted by Gasteiger charge is 2.38. The van der Waals surface area contributed by atoms with Crippen LogP contribution in [0.4, 0.5) is 0 Å². The van der Waals surface area contributed by atoms with Gasteiger partial charge in [0.25, 0.3) is 0 Å². The number of methoxy groups -OCH3 is 5. The second-order valence-electron chi connectivity index (χ2n) is 9.38. The Labute approximate surface area is 262 Å². The molecule has 0 saturated heterocycles. The van der Waals surface area contributed by atoms with Crippen molar-refractivity contribution >= 4 is 33.7 Å². The maximum atomic E-state index is 14.0. The van der Waals surface area contributed by atoms with Crippen LogP contribution in [0, 0.1) is 0 Å². The Kier molecular flexibility index (Phi) is 13.2. The van der Waals surface area contributed by atoms with Crippen molar-refractivity contribution in [3.8, 4) is 23.0 Å². The van der Waals surface area contributed by atoms with E-state index in [9.17, 15) is 18.0 Å². The molecule has 0 fully saturated rings. The number of hydrogen-bond donors (Lipinski definition) is 1. The van der Waals surface area contributed by atoms with Crippen molar-refractivity contribution in [1.82, 2.24) is 9.62 Å². The number of nitrogens with one attached hydrogen (secondary N) is 1. The second kappa shape index (κ2) is 16.8. The third-order valence-corrected chi connectivity index (χ3v) is 9.64. The Bertz CT molecular complexity index is 1460.